The highest BCUT2D eigenvalue weighted by molar-refractivity contribution is 5.56. The number of aliphatic hydroxyl groups is 1. The Kier molecular flexibility index (Phi) is 3.80. The first-order valence-corrected chi connectivity index (χ1v) is 4.70. The van der Waals surface area contributed by atoms with Gasteiger partial charge in [0.15, 0.2) is 0 Å². The predicted molar refractivity (Wildman–Crippen MR) is 56.7 cm³/mol. The summed E-state index contributed by atoms with van der Waals surface area (Å²) in [6.07, 6.45) is 0.361. The van der Waals surface area contributed by atoms with Gasteiger partial charge in [-0.2, -0.15) is 0 Å². The Morgan fingerprint density at radius 1 is 1.27 bits per heavy atom. The molecule has 0 aliphatic rings. The van der Waals surface area contributed by atoms with Crippen LogP contribution in [0.5, 0.6) is 17.2 Å². The van der Waals surface area contributed by atoms with Crippen molar-refractivity contribution >= 4 is 0 Å². The number of hydrogen-bond donors (Lipinski definition) is 2. The molecule has 2 N–H and O–H groups in total. The SMILES string of the molecule is COc1cc(O)c(CCO)c(OC)c1C. The van der Waals surface area contributed by atoms with Crippen LogP contribution in [-0.2, 0) is 6.42 Å². The van der Waals surface area contributed by atoms with Crippen molar-refractivity contribution in [2.24, 2.45) is 0 Å². The molecule has 0 spiro atoms. The van der Waals surface area contributed by atoms with E-state index in [0.29, 0.717) is 23.5 Å². The number of ether oxygens (including phenoxy) is 2. The van der Waals surface area contributed by atoms with Gasteiger partial charge in [0.1, 0.15) is 17.2 Å². The van der Waals surface area contributed by atoms with Crippen LogP contribution in [-0.4, -0.2) is 31.0 Å². The molecule has 0 unspecified atom stereocenters. The Labute approximate surface area is 89.1 Å². The fraction of sp³-hybridized carbons (Fsp3) is 0.455. The molecule has 0 saturated carbocycles. The minimum Gasteiger partial charge on any atom is -0.507 e. The summed E-state index contributed by atoms with van der Waals surface area (Å²) < 4.78 is 10.3. The van der Waals surface area contributed by atoms with Gasteiger partial charge in [-0.15, -0.1) is 0 Å². The zero-order chi connectivity index (χ0) is 11.4. The van der Waals surface area contributed by atoms with E-state index < -0.39 is 0 Å². The Morgan fingerprint density at radius 3 is 2.40 bits per heavy atom. The Bertz CT molecular complexity index is 347. The number of phenols is 1. The summed E-state index contributed by atoms with van der Waals surface area (Å²) in [6.45, 7) is 1.81. The van der Waals surface area contributed by atoms with Gasteiger partial charge in [0, 0.05) is 30.2 Å². The first-order valence-electron chi connectivity index (χ1n) is 4.70. The number of aromatic hydroxyl groups is 1. The monoisotopic (exact) mass is 212 g/mol. The van der Waals surface area contributed by atoms with E-state index in [2.05, 4.69) is 0 Å². The summed E-state index contributed by atoms with van der Waals surface area (Å²) in [6, 6.07) is 1.53. The fourth-order valence-electron chi connectivity index (χ4n) is 1.62. The van der Waals surface area contributed by atoms with Crippen LogP contribution in [0.15, 0.2) is 6.07 Å². The van der Waals surface area contributed by atoms with Crippen molar-refractivity contribution in [2.75, 3.05) is 20.8 Å². The number of phenolic OH excluding ortho intramolecular Hbond substituents is 1. The standard InChI is InChI=1S/C11H16O4/c1-7-10(14-2)6-9(13)8(4-5-12)11(7)15-3/h6,12-13H,4-5H2,1-3H3. The van der Waals surface area contributed by atoms with Crippen molar-refractivity contribution in [3.63, 3.8) is 0 Å². The minimum atomic E-state index is -0.0321. The average Bonchev–Trinajstić information content (AvgIpc) is 2.23. The van der Waals surface area contributed by atoms with Crippen LogP contribution in [0.25, 0.3) is 0 Å². The van der Waals surface area contributed by atoms with Crippen molar-refractivity contribution in [3.8, 4) is 17.2 Å². The third-order valence-corrected chi connectivity index (χ3v) is 2.35. The summed E-state index contributed by atoms with van der Waals surface area (Å²) in [7, 11) is 3.06. The molecule has 15 heavy (non-hydrogen) atoms. The summed E-state index contributed by atoms with van der Waals surface area (Å²) in [5.41, 5.74) is 1.43. The van der Waals surface area contributed by atoms with Gasteiger partial charge in [0.2, 0.25) is 0 Å². The second kappa shape index (κ2) is 4.89. The average molecular weight is 212 g/mol. The van der Waals surface area contributed by atoms with Crippen LogP contribution in [0.4, 0.5) is 0 Å². The predicted octanol–water partition coefficient (Wildman–Crippen LogP) is 1.25. The van der Waals surface area contributed by atoms with E-state index in [0.717, 1.165) is 5.56 Å². The van der Waals surface area contributed by atoms with Crippen molar-refractivity contribution in [3.05, 3.63) is 17.2 Å². The molecule has 84 valence electrons. The van der Waals surface area contributed by atoms with E-state index in [1.165, 1.54) is 20.3 Å². The van der Waals surface area contributed by atoms with Gasteiger partial charge < -0.3 is 19.7 Å². The molecule has 0 aromatic heterocycles. The largest absolute Gasteiger partial charge is 0.507 e. The van der Waals surface area contributed by atoms with Crippen molar-refractivity contribution < 1.29 is 19.7 Å². The van der Waals surface area contributed by atoms with Crippen LogP contribution in [0.3, 0.4) is 0 Å². The van der Waals surface area contributed by atoms with Gasteiger partial charge in [-0.3, -0.25) is 0 Å². The Hall–Kier alpha value is -1.42. The quantitative estimate of drug-likeness (QED) is 0.788. The van der Waals surface area contributed by atoms with E-state index in [1.807, 2.05) is 6.92 Å². The molecule has 1 aromatic carbocycles. The molecule has 0 bridgehead atoms. The Morgan fingerprint density at radius 2 is 1.93 bits per heavy atom. The third kappa shape index (κ3) is 2.15. The van der Waals surface area contributed by atoms with Crippen molar-refractivity contribution in [2.45, 2.75) is 13.3 Å². The lowest BCUT2D eigenvalue weighted by molar-refractivity contribution is 0.293. The molecular formula is C11H16O4. The van der Waals surface area contributed by atoms with Crippen molar-refractivity contribution in [1.82, 2.24) is 0 Å². The number of benzene rings is 1. The highest BCUT2D eigenvalue weighted by Crippen LogP contribution is 2.38. The molecule has 1 rings (SSSR count). The Balaban J connectivity index is 3.32. The fourth-order valence-corrected chi connectivity index (χ4v) is 1.62. The highest BCUT2D eigenvalue weighted by atomic mass is 16.5. The van der Waals surface area contributed by atoms with Gasteiger partial charge in [0.05, 0.1) is 14.2 Å². The van der Waals surface area contributed by atoms with Gasteiger partial charge in [-0.25, -0.2) is 0 Å². The molecule has 0 saturated heterocycles. The summed E-state index contributed by atoms with van der Waals surface area (Å²) in [5, 5.41) is 18.6. The molecule has 0 amide bonds. The summed E-state index contributed by atoms with van der Waals surface area (Å²) in [4.78, 5) is 0. The number of hydrogen-bond acceptors (Lipinski definition) is 4. The maximum atomic E-state index is 9.72. The molecule has 0 aliphatic heterocycles. The molecular weight excluding hydrogens is 196 g/mol. The smallest absolute Gasteiger partial charge is 0.132 e. The highest BCUT2D eigenvalue weighted by Gasteiger charge is 2.15. The summed E-state index contributed by atoms with van der Waals surface area (Å²) >= 11 is 0. The lowest BCUT2D eigenvalue weighted by atomic mass is 10.0. The lowest BCUT2D eigenvalue weighted by Gasteiger charge is -2.15. The minimum absolute atomic E-state index is 0.0321. The molecule has 1 aromatic rings. The van der Waals surface area contributed by atoms with Crippen LogP contribution in [0.2, 0.25) is 0 Å². The lowest BCUT2D eigenvalue weighted by Crippen LogP contribution is -2.00. The van der Waals surface area contributed by atoms with Crippen LogP contribution in [0.1, 0.15) is 11.1 Å². The maximum Gasteiger partial charge on any atom is 0.132 e. The second-order valence-corrected chi connectivity index (χ2v) is 3.21. The molecule has 4 heteroatoms. The van der Waals surface area contributed by atoms with E-state index in [1.54, 1.807) is 0 Å². The second-order valence-electron chi connectivity index (χ2n) is 3.21. The van der Waals surface area contributed by atoms with Crippen LogP contribution < -0.4 is 9.47 Å². The van der Waals surface area contributed by atoms with Crippen LogP contribution >= 0.6 is 0 Å². The molecule has 0 aliphatic carbocycles. The van der Waals surface area contributed by atoms with Gasteiger partial charge >= 0.3 is 0 Å². The topological polar surface area (TPSA) is 58.9 Å². The summed E-state index contributed by atoms with van der Waals surface area (Å²) in [5.74, 6) is 1.23. The maximum absolute atomic E-state index is 9.72. The molecule has 0 fully saturated rings. The first-order chi connectivity index (χ1) is 7.15. The van der Waals surface area contributed by atoms with E-state index in [4.69, 9.17) is 14.6 Å². The molecule has 0 heterocycles. The van der Waals surface area contributed by atoms with E-state index in [9.17, 15) is 5.11 Å². The zero-order valence-corrected chi connectivity index (χ0v) is 9.20. The zero-order valence-electron chi connectivity index (χ0n) is 9.20. The number of rotatable bonds is 4. The van der Waals surface area contributed by atoms with Gasteiger partial charge in [-0.1, -0.05) is 0 Å². The number of aliphatic hydroxyl groups excluding tert-OH is 1. The third-order valence-electron chi connectivity index (χ3n) is 2.35. The first kappa shape index (κ1) is 11.7. The van der Waals surface area contributed by atoms with Gasteiger partial charge in [0.25, 0.3) is 0 Å². The molecule has 4 nitrogen and oxygen atoms in total. The van der Waals surface area contributed by atoms with Gasteiger partial charge in [-0.05, 0) is 6.92 Å². The van der Waals surface area contributed by atoms with Crippen LogP contribution in [0, 0.1) is 6.92 Å². The normalized spacial score (nSPS) is 10.1. The molecule has 0 radical (unpaired) electrons. The van der Waals surface area contributed by atoms with E-state index >= 15 is 0 Å². The number of methoxy groups -OCH3 is 2. The molecule has 0 atom stereocenters. The van der Waals surface area contributed by atoms with E-state index in [-0.39, 0.29) is 12.4 Å². The van der Waals surface area contributed by atoms with Crippen molar-refractivity contribution in [1.29, 1.82) is 0 Å².